The highest BCUT2D eigenvalue weighted by molar-refractivity contribution is 5.60. The third-order valence-corrected chi connectivity index (χ3v) is 5.63. The van der Waals surface area contributed by atoms with Crippen LogP contribution in [-0.4, -0.2) is 53.9 Å². The standard InChI is InChI=1S/C21H25F3N4O/c1-2-29-6-5-28-11-13-7-16(8-14(13)12-28)25-20-4-3-19(26-27-20)17-9-15(22)10-18(23)21(17)24/h3-4,9-10,13-14,16H,2,5-8,11-12H2,1H3,(H,25,27)/t13-,14+,16?/i5D2. The Morgan fingerprint density at radius 3 is 2.59 bits per heavy atom. The molecule has 3 atom stereocenters. The van der Waals surface area contributed by atoms with Crippen LogP contribution < -0.4 is 5.32 Å². The molecule has 2 aromatic rings. The lowest BCUT2D eigenvalue weighted by molar-refractivity contribution is 0.119. The molecule has 2 aliphatic rings. The Balaban J connectivity index is 1.35. The maximum absolute atomic E-state index is 13.9. The molecule has 156 valence electrons. The second kappa shape index (κ2) is 8.67. The first-order valence-electron chi connectivity index (χ1n) is 10.8. The van der Waals surface area contributed by atoms with Crippen molar-refractivity contribution in [3.05, 3.63) is 41.7 Å². The molecule has 29 heavy (non-hydrogen) atoms. The Bertz CT molecular complexity index is 918. The van der Waals surface area contributed by atoms with Crippen LogP contribution >= 0.6 is 0 Å². The lowest BCUT2D eigenvalue weighted by atomic mass is 10.0. The van der Waals surface area contributed by atoms with Crippen LogP contribution in [0.2, 0.25) is 0 Å². The Labute approximate surface area is 171 Å². The van der Waals surface area contributed by atoms with Gasteiger partial charge < -0.3 is 15.0 Å². The van der Waals surface area contributed by atoms with Crippen LogP contribution in [0.4, 0.5) is 19.0 Å². The molecule has 4 rings (SSSR count). The van der Waals surface area contributed by atoms with Crippen LogP contribution in [0.5, 0.6) is 0 Å². The highest BCUT2D eigenvalue weighted by Gasteiger charge is 2.40. The van der Waals surface area contributed by atoms with Crippen molar-refractivity contribution in [1.29, 1.82) is 0 Å². The van der Waals surface area contributed by atoms with Crippen molar-refractivity contribution in [1.82, 2.24) is 15.1 Å². The number of nitrogens with one attached hydrogen (secondary N) is 1. The first-order chi connectivity index (χ1) is 14.8. The predicted molar refractivity (Wildman–Crippen MR) is 104 cm³/mol. The van der Waals surface area contributed by atoms with E-state index in [1.54, 1.807) is 6.07 Å². The summed E-state index contributed by atoms with van der Waals surface area (Å²) in [4.78, 5) is 1.87. The summed E-state index contributed by atoms with van der Waals surface area (Å²) in [6, 6.07) is 4.66. The minimum Gasteiger partial charge on any atom is -0.380 e. The summed E-state index contributed by atoms with van der Waals surface area (Å²) in [6.45, 7) is 2.34. The van der Waals surface area contributed by atoms with Gasteiger partial charge in [0.15, 0.2) is 11.6 Å². The van der Waals surface area contributed by atoms with Gasteiger partial charge in [0.2, 0.25) is 0 Å². The van der Waals surface area contributed by atoms with Gasteiger partial charge in [-0.05, 0) is 49.8 Å². The average Bonchev–Trinajstić information content (AvgIpc) is 3.29. The van der Waals surface area contributed by atoms with Crippen LogP contribution in [0.25, 0.3) is 11.3 Å². The number of rotatable bonds is 7. The van der Waals surface area contributed by atoms with Gasteiger partial charge in [-0.1, -0.05) is 0 Å². The molecule has 2 heterocycles. The topological polar surface area (TPSA) is 50.3 Å². The van der Waals surface area contributed by atoms with Gasteiger partial charge in [-0.2, -0.15) is 0 Å². The molecule has 1 saturated heterocycles. The molecule has 0 amide bonds. The first kappa shape index (κ1) is 17.7. The molecule has 0 bridgehead atoms. The van der Waals surface area contributed by atoms with Crippen molar-refractivity contribution in [3.63, 3.8) is 0 Å². The summed E-state index contributed by atoms with van der Waals surface area (Å²) >= 11 is 0. The summed E-state index contributed by atoms with van der Waals surface area (Å²) in [6.07, 6.45) is 1.78. The van der Waals surface area contributed by atoms with E-state index in [0.717, 1.165) is 18.9 Å². The van der Waals surface area contributed by atoms with Crippen LogP contribution in [-0.2, 0) is 4.74 Å². The molecular formula is C21H25F3N4O. The Morgan fingerprint density at radius 1 is 1.17 bits per heavy atom. The molecule has 1 N–H and O–H groups in total. The van der Waals surface area contributed by atoms with E-state index in [4.69, 9.17) is 7.48 Å². The molecule has 8 heteroatoms. The number of aromatic nitrogens is 2. The maximum Gasteiger partial charge on any atom is 0.168 e. The third kappa shape index (κ3) is 4.53. The van der Waals surface area contributed by atoms with Gasteiger partial charge in [0.1, 0.15) is 11.6 Å². The smallest absolute Gasteiger partial charge is 0.168 e. The summed E-state index contributed by atoms with van der Waals surface area (Å²) in [7, 11) is 0. The molecule has 1 aromatic carbocycles. The molecular weight excluding hydrogens is 381 g/mol. The maximum atomic E-state index is 13.9. The molecule has 5 nitrogen and oxygen atoms in total. The predicted octanol–water partition coefficient (Wildman–Crippen LogP) is 3.72. The SMILES string of the molecule is [2H]C([2H])(COCC)N1C[C@H]2CC(Nc3ccc(-c4cc(F)cc(F)c4F)nn3)C[C@H]2C1. The van der Waals surface area contributed by atoms with Gasteiger partial charge in [0.25, 0.3) is 0 Å². The molecule has 0 radical (unpaired) electrons. The van der Waals surface area contributed by atoms with E-state index < -0.39 is 23.9 Å². The largest absolute Gasteiger partial charge is 0.380 e. The number of anilines is 1. The van der Waals surface area contributed by atoms with Crippen molar-refractivity contribution in [2.45, 2.75) is 25.8 Å². The van der Waals surface area contributed by atoms with E-state index in [2.05, 4.69) is 15.5 Å². The Morgan fingerprint density at radius 2 is 1.93 bits per heavy atom. The van der Waals surface area contributed by atoms with Crippen molar-refractivity contribution in [3.8, 4) is 11.3 Å². The van der Waals surface area contributed by atoms with Gasteiger partial charge in [-0.3, -0.25) is 0 Å². The van der Waals surface area contributed by atoms with E-state index in [-0.39, 0.29) is 23.9 Å². The van der Waals surface area contributed by atoms with Crippen molar-refractivity contribution in [2.24, 2.45) is 11.8 Å². The fraction of sp³-hybridized carbons (Fsp3) is 0.524. The minimum absolute atomic E-state index is 0.0527. The van der Waals surface area contributed by atoms with E-state index in [1.807, 2.05) is 11.8 Å². The second-order valence-electron chi connectivity index (χ2n) is 7.59. The van der Waals surface area contributed by atoms with Gasteiger partial charge in [-0.15, -0.1) is 10.2 Å². The van der Waals surface area contributed by atoms with E-state index in [9.17, 15) is 13.2 Å². The monoisotopic (exact) mass is 408 g/mol. The zero-order chi connectivity index (χ0) is 22.2. The molecule has 1 unspecified atom stereocenters. The number of ether oxygens (including phenoxy) is 1. The fourth-order valence-corrected chi connectivity index (χ4v) is 4.29. The van der Waals surface area contributed by atoms with Gasteiger partial charge in [-0.25, -0.2) is 13.2 Å². The normalized spacial score (nSPS) is 25.6. The van der Waals surface area contributed by atoms with Gasteiger partial charge in [0.05, 0.1) is 12.3 Å². The number of hydrogen-bond donors (Lipinski definition) is 1. The Kier molecular flexibility index (Phi) is 5.28. The minimum atomic E-state index is -1.46. The van der Waals surface area contributed by atoms with Crippen LogP contribution in [0, 0.1) is 29.3 Å². The van der Waals surface area contributed by atoms with Crippen LogP contribution in [0.1, 0.15) is 22.5 Å². The lowest BCUT2D eigenvalue weighted by Crippen LogP contribution is -2.28. The lowest BCUT2D eigenvalue weighted by Gasteiger charge is -2.19. The highest BCUT2D eigenvalue weighted by atomic mass is 19.2. The van der Waals surface area contributed by atoms with E-state index in [1.165, 1.54) is 6.07 Å². The molecule has 0 spiro atoms. The van der Waals surface area contributed by atoms with Crippen molar-refractivity contribution in [2.75, 3.05) is 38.1 Å². The number of fused-ring (bicyclic) bond motifs is 1. The molecule has 1 aliphatic carbocycles. The third-order valence-electron chi connectivity index (χ3n) is 5.63. The van der Waals surface area contributed by atoms with Crippen LogP contribution in [0.3, 0.4) is 0 Å². The zero-order valence-corrected chi connectivity index (χ0v) is 16.2. The number of nitrogens with zero attached hydrogens (tertiary/aromatic N) is 3. The Hall–Kier alpha value is -2.19. The van der Waals surface area contributed by atoms with Crippen molar-refractivity contribution < 1.29 is 20.6 Å². The number of likely N-dealkylation sites (tertiary alicyclic amines) is 1. The van der Waals surface area contributed by atoms with Crippen molar-refractivity contribution >= 4 is 5.82 Å². The van der Waals surface area contributed by atoms with Gasteiger partial charge >= 0.3 is 0 Å². The van der Waals surface area contributed by atoms with E-state index in [0.29, 0.717) is 43.4 Å². The highest BCUT2D eigenvalue weighted by Crippen LogP contribution is 2.39. The molecule has 1 aromatic heterocycles. The van der Waals surface area contributed by atoms with Gasteiger partial charge in [0, 0.05) is 46.6 Å². The molecule has 1 saturated carbocycles. The van der Waals surface area contributed by atoms with E-state index >= 15 is 0 Å². The molecule has 1 aliphatic heterocycles. The first-order valence-corrected chi connectivity index (χ1v) is 9.85. The summed E-state index contributed by atoms with van der Waals surface area (Å²) in [5.41, 5.74) is -0.217. The average molecular weight is 408 g/mol. The zero-order valence-electron chi connectivity index (χ0n) is 18.2. The summed E-state index contributed by atoms with van der Waals surface area (Å²) < 4.78 is 62.5. The second-order valence-corrected chi connectivity index (χ2v) is 7.59. The quantitative estimate of drug-likeness (QED) is 0.708. The molecule has 2 fully saturated rings. The number of halogens is 3. The summed E-state index contributed by atoms with van der Waals surface area (Å²) in [5, 5.41) is 11.3. The summed E-state index contributed by atoms with van der Waals surface area (Å²) in [5.74, 6) is -2.01. The fourth-order valence-electron chi connectivity index (χ4n) is 4.29. The number of benzene rings is 1. The number of hydrogen-bond acceptors (Lipinski definition) is 5. The van der Waals surface area contributed by atoms with Crippen LogP contribution in [0.15, 0.2) is 24.3 Å².